The minimum atomic E-state index is -0.534. The topological polar surface area (TPSA) is 75.4 Å². The first-order valence-corrected chi connectivity index (χ1v) is 9.60. The zero-order valence-electron chi connectivity index (χ0n) is 16.6. The molecule has 7 heteroatoms. The van der Waals surface area contributed by atoms with Gasteiger partial charge in [0.1, 0.15) is 11.9 Å². The van der Waals surface area contributed by atoms with Gasteiger partial charge in [-0.2, -0.15) is 0 Å². The van der Waals surface area contributed by atoms with Gasteiger partial charge >= 0.3 is 0 Å². The fraction of sp³-hybridized carbons (Fsp3) is 0.476. The molecule has 150 valence electrons. The van der Waals surface area contributed by atoms with Gasteiger partial charge in [0.2, 0.25) is 5.91 Å². The molecule has 1 aromatic carbocycles. The molecule has 0 saturated carbocycles. The fourth-order valence-electron chi connectivity index (χ4n) is 3.36. The molecule has 0 spiro atoms. The molecule has 1 fully saturated rings. The molecule has 6 nitrogen and oxygen atoms in total. The number of hydrogen-bond acceptors (Lipinski definition) is 4. The summed E-state index contributed by atoms with van der Waals surface area (Å²) in [5.74, 6) is 0.0263. The predicted octanol–water partition coefficient (Wildman–Crippen LogP) is 3.49. The molecule has 1 aliphatic rings. The van der Waals surface area contributed by atoms with E-state index in [2.05, 4.69) is 10.5 Å². The third-order valence-electron chi connectivity index (χ3n) is 5.02. The lowest BCUT2D eigenvalue weighted by Crippen LogP contribution is -2.63. The molecular weight excluding hydrogens is 361 g/mol. The van der Waals surface area contributed by atoms with Crippen molar-refractivity contribution in [1.82, 2.24) is 15.4 Å². The SMILES string of the molecule is CC(C)CC1C(=O)NC(C(C)C)CN1C(=O)c1cc(-c2ccc(F)cc2)on1. The molecule has 3 rings (SSSR count). The van der Waals surface area contributed by atoms with Crippen LogP contribution in [0.4, 0.5) is 4.39 Å². The monoisotopic (exact) mass is 387 g/mol. The van der Waals surface area contributed by atoms with Gasteiger partial charge in [-0.3, -0.25) is 9.59 Å². The average Bonchev–Trinajstić information content (AvgIpc) is 3.13. The van der Waals surface area contributed by atoms with Gasteiger partial charge in [-0.05, 0) is 42.5 Å². The van der Waals surface area contributed by atoms with E-state index < -0.39 is 6.04 Å². The van der Waals surface area contributed by atoms with Crippen molar-refractivity contribution in [3.05, 3.63) is 41.8 Å². The van der Waals surface area contributed by atoms with Gasteiger partial charge in [0, 0.05) is 24.2 Å². The highest BCUT2D eigenvalue weighted by Crippen LogP contribution is 2.24. The molecule has 1 saturated heterocycles. The van der Waals surface area contributed by atoms with Gasteiger partial charge in [-0.15, -0.1) is 0 Å². The Balaban J connectivity index is 1.87. The minimum absolute atomic E-state index is 0.108. The van der Waals surface area contributed by atoms with Crippen LogP contribution in [0.1, 0.15) is 44.6 Å². The lowest BCUT2D eigenvalue weighted by Gasteiger charge is -2.41. The fourth-order valence-corrected chi connectivity index (χ4v) is 3.36. The summed E-state index contributed by atoms with van der Waals surface area (Å²) >= 11 is 0. The van der Waals surface area contributed by atoms with E-state index in [1.165, 1.54) is 12.1 Å². The number of carbonyl (C=O) groups is 2. The van der Waals surface area contributed by atoms with E-state index >= 15 is 0 Å². The highest BCUT2D eigenvalue weighted by atomic mass is 19.1. The Morgan fingerprint density at radius 2 is 1.96 bits per heavy atom. The van der Waals surface area contributed by atoms with Crippen LogP contribution in [0, 0.1) is 17.7 Å². The number of benzene rings is 1. The number of hydrogen-bond donors (Lipinski definition) is 1. The van der Waals surface area contributed by atoms with Gasteiger partial charge in [0.15, 0.2) is 11.5 Å². The summed E-state index contributed by atoms with van der Waals surface area (Å²) in [5.41, 5.74) is 0.772. The van der Waals surface area contributed by atoms with Crippen LogP contribution in [0.15, 0.2) is 34.9 Å². The van der Waals surface area contributed by atoms with E-state index in [1.54, 1.807) is 23.1 Å². The molecule has 1 N–H and O–H groups in total. The third kappa shape index (κ3) is 4.24. The minimum Gasteiger partial charge on any atom is -0.355 e. The second-order valence-corrected chi connectivity index (χ2v) is 8.05. The lowest BCUT2D eigenvalue weighted by molar-refractivity contribution is -0.130. The second-order valence-electron chi connectivity index (χ2n) is 8.05. The first-order chi connectivity index (χ1) is 13.3. The molecule has 2 heterocycles. The summed E-state index contributed by atoms with van der Waals surface area (Å²) in [4.78, 5) is 27.4. The zero-order chi connectivity index (χ0) is 20.4. The van der Waals surface area contributed by atoms with Gasteiger partial charge < -0.3 is 14.7 Å². The number of halogens is 1. The van der Waals surface area contributed by atoms with E-state index in [9.17, 15) is 14.0 Å². The van der Waals surface area contributed by atoms with Gasteiger partial charge in [-0.1, -0.05) is 32.9 Å². The van der Waals surface area contributed by atoms with Crippen molar-refractivity contribution < 1.29 is 18.5 Å². The van der Waals surface area contributed by atoms with E-state index in [0.29, 0.717) is 24.3 Å². The van der Waals surface area contributed by atoms with Crippen LogP contribution < -0.4 is 5.32 Å². The predicted molar refractivity (Wildman–Crippen MR) is 103 cm³/mol. The normalized spacial score (nSPS) is 20.0. The second kappa shape index (κ2) is 8.12. The third-order valence-corrected chi connectivity index (χ3v) is 5.02. The summed E-state index contributed by atoms with van der Waals surface area (Å²) in [7, 11) is 0. The number of carbonyl (C=O) groups excluding carboxylic acids is 2. The van der Waals surface area contributed by atoms with Crippen molar-refractivity contribution in [1.29, 1.82) is 0 Å². The molecule has 0 radical (unpaired) electrons. The molecule has 2 unspecified atom stereocenters. The largest absolute Gasteiger partial charge is 0.355 e. The van der Waals surface area contributed by atoms with E-state index in [-0.39, 0.29) is 41.2 Å². The first-order valence-electron chi connectivity index (χ1n) is 9.60. The summed E-state index contributed by atoms with van der Waals surface area (Å²) in [6.07, 6.45) is 0.574. The van der Waals surface area contributed by atoms with Crippen LogP contribution in [0.5, 0.6) is 0 Å². The van der Waals surface area contributed by atoms with Crippen molar-refractivity contribution >= 4 is 11.8 Å². The molecule has 2 aromatic rings. The number of rotatable bonds is 5. The number of nitrogens with zero attached hydrogens (tertiary/aromatic N) is 2. The maximum absolute atomic E-state index is 13.2. The van der Waals surface area contributed by atoms with Crippen LogP contribution in [0.2, 0.25) is 0 Å². The van der Waals surface area contributed by atoms with Gasteiger partial charge in [0.25, 0.3) is 5.91 Å². The van der Waals surface area contributed by atoms with Gasteiger partial charge in [-0.25, -0.2) is 4.39 Å². The van der Waals surface area contributed by atoms with E-state index in [1.807, 2.05) is 27.7 Å². The Kier molecular flexibility index (Phi) is 5.82. The molecule has 0 aliphatic carbocycles. The van der Waals surface area contributed by atoms with Crippen LogP contribution in [-0.4, -0.2) is 40.5 Å². The Bertz CT molecular complexity index is 845. The smallest absolute Gasteiger partial charge is 0.276 e. The van der Waals surface area contributed by atoms with E-state index in [0.717, 1.165) is 0 Å². The van der Waals surface area contributed by atoms with Crippen molar-refractivity contribution in [3.8, 4) is 11.3 Å². The Hall–Kier alpha value is -2.70. The van der Waals surface area contributed by atoms with Crippen molar-refractivity contribution in [3.63, 3.8) is 0 Å². The zero-order valence-corrected chi connectivity index (χ0v) is 16.6. The number of aromatic nitrogens is 1. The molecular formula is C21H26FN3O3. The Morgan fingerprint density at radius 1 is 1.29 bits per heavy atom. The molecule has 2 atom stereocenters. The maximum atomic E-state index is 13.2. The summed E-state index contributed by atoms with van der Waals surface area (Å²) in [5, 5.41) is 6.94. The van der Waals surface area contributed by atoms with Crippen LogP contribution in [-0.2, 0) is 4.79 Å². The Labute approximate surface area is 164 Å². The van der Waals surface area contributed by atoms with E-state index in [4.69, 9.17) is 4.52 Å². The summed E-state index contributed by atoms with van der Waals surface area (Å²) < 4.78 is 18.4. The molecule has 1 aliphatic heterocycles. The van der Waals surface area contributed by atoms with Crippen molar-refractivity contribution in [2.75, 3.05) is 6.54 Å². The van der Waals surface area contributed by atoms with Crippen LogP contribution >= 0.6 is 0 Å². The van der Waals surface area contributed by atoms with Gasteiger partial charge in [0.05, 0.1) is 0 Å². The molecule has 2 amide bonds. The molecule has 28 heavy (non-hydrogen) atoms. The maximum Gasteiger partial charge on any atom is 0.276 e. The number of piperazine rings is 1. The quantitative estimate of drug-likeness (QED) is 0.852. The number of amides is 2. The first kappa shape index (κ1) is 20.0. The molecule has 1 aromatic heterocycles. The van der Waals surface area contributed by atoms with Crippen LogP contribution in [0.3, 0.4) is 0 Å². The highest BCUT2D eigenvalue weighted by Gasteiger charge is 2.39. The Morgan fingerprint density at radius 3 is 2.57 bits per heavy atom. The van der Waals surface area contributed by atoms with Crippen LogP contribution in [0.25, 0.3) is 11.3 Å². The number of nitrogens with one attached hydrogen (secondary N) is 1. The molecule has 0 bridgehead atoms. The summed E-state index contributed by atoms with van der Waals surface area (Å²) in [6, 6.07) is 6.67. The standard InChI is InChI=1S/C21H26FN3O3/c1-12(2)9-18-20(26)23-17(13(3)4)11-25(18)21(27)16-10-19(28-24-16)14-5-7-15(22)8-6-14/h5-8,10,12-13,17-18H,9,11H2,1-4H3,(H,23,26). The van der Waals surface area contributed by atoms with Crippen molar-refractivity contribution in [2.45, 2.75) is 46.2 Å². The average molecular weight is 387 g/mol. The highest BCUT2D eigenvalue weighted by molar-refractivity contribution is 5.97. The summed E-state index contributed by atoms with van der Waals surface area (Å²) in [6.45, 7) is 8.50. The van der Waals surface area contributed by atoms with Crippen molar-refractivity contribution in [2.24, 2.45) is 11.8 Å². The lowest BCUT2D eigenvalue weighted by atomic mass is 9.94.